The lowest BCUT2D eigenvalue weighted by Gasteiger charge is -2.21. The maximum absolute atomic E-state index is 13.1. The number of aliphatic hydroxyl groups excluding tert-OH is 1. The average Bonchev–Trinajstić information content (AvgIpc) is 2.94. The van der Waals surface area contributed by atoms with E-state index in [2.05, 4.69) is 48.5 Å². The van der Waals surface area contributed by atoms with Gasteiger partial charge < -0.3 is 33.8 Å². The normalized spacial score (nSPS) is 14.4. The predicted molar refractivity (Wildman–Crippen MR) is 372 cm³/mol. The molecule has 0 aliphatic rings. The van der Waals surface area contributed by atoms with Crippen LogP contribution in [-0.4, -0.2) is 96.7 Å². The Morgan fingerprint density at radius 1 is 0.315 bits per heavy atom. The van der Waals surface area contributed by atoms with Crippen molar-refractivity contribution in [3.63, 3.8) is 0 Å². The Balaban J connectivity index is 5.23. The minimum absolute atomic E-state index is 0.104. The number of carbonyl (C=O) groups is 4. The molecule has 3 unspecified atom stereocenters. The lowest BCUT2D eigenvalue weighted by molar-refractivity contribution is -0.161. The van der Waals surface area contributed by atoms with Crippen LogP contribution in [0.1, 0.15) is 370 Å². The van der Waals surface area contributed by atoms with E-state index >= 15 is 0 Å². The summed E-state index contributed by atoms with van der Waals surface area (Å²) in [5, 5.41) is 10.6. The first-order chi connectivity index (χ1) is 44.3. The summed E-state index contributed by atoms with van der Waals surface area (Å²) in [6, 6.07) is 0. The zero-order chi connectivity index (χ0) is 68.0. The number of aliphatic hydroxyl groups is 1. The minimum Gasteiger partial charge on any atom is -0.462 e. The molecule has 19 heteroatoms. The fraction of sp³-hybridized carbons (Fsp3) is 0.945. The van der Waals surface area contributed by atoms with Gasteiger partial charge in [0.05, 0.1) is 26.4 Å². The Labute approximate surface area is 562 Å². The van der Waals surface area contributed by atoms with Gasteiger partial charge in [0.2, 0.25) is 0 Å². The van der Waals surface area contributed by atoms with Crippen LogP contribution < -0.4 is 0 Å². The molecule has 0 aromatic carbocycles. The summed E-state index contributed by atoms with van der Waals surface area (Å²) in [6.45, 7) is 11.9. The Kier molecular flexibility index (Phi) is 62.4. The number of rotatable bonds is 71. The maximum atomic E-state index is 13.1. The number of esters is 4. The number of hydrogen-bond acceptors (Lipinski definition) is 15. The smallest absolute Gasteiger partial charge is 0.462 e. The van der Waals surface area contributed by atoms with Gasteiger partial charge in [0.25, 0.3) is 0 Å². The van der Waals surface area contributed by atoms with Crippen molar-refractivity contribution in [2.75, 3.05) is 39.6 Å². The minimum atomic E-state index is -4.96. The molecule has 0 aliphatic heterocycles. The number of phosphoric ester groups is 2. The highest BCUT2D eigenvalue weighted by Gasteiger charge is 2.30. The fourth-order valence-electron chi connectivity index (χ4n) is 11.0. The van der Waals surface area contributed by atoms with E-state index in [4.69, 9.17) is 37.0 Å². The first-order valence-corrected chi connectivity index (χ1v) is 40.9. The Bertz CT molecular complexity index is 1800. The highest BCUT2D eigenvalue weighted by atomic mass is 31.2. The van der Waals surface area contributed by atoms with Gasteiger partial charge in [-0.25, -0.2) is 9.13 Å². The number of hydrogen-bond donors (Lipinski definition) is 3. The molecule has 0 bridgehead atoms. The van der Waals surface area contributed by atoms with Gasteiger partial charge in [-0.2, -0.15) is 0 Å². The lowest BCUT2D eigenvalue weighted by atomic mass is 9.99. The highest BCUT2D eigenvalue weighted by Crippen LogP contribution is 2.45. The molecule has 0 saturated heterocycles. The molecule has 3 N–H and O–H groups in total. The van der Waals surface area contributed by atoms with E-state index in [9.17, 15) is 43.2 Å². The number of carbonyl (C=O) groups excluding carboxylic acids is 4. The van der Waals surface area contributed by atoms with Crippen molar-refractivity contribution in [3.05, 3.63) is 0 Å². The van der Waals surface area contributed by atoms with E-state index in [1.165, 1.54) is 180 Å². The van der Waals surface area contributed by atoms with E-state index in [0.717, 1.165) is 108 Å². The summed E-state index contributed by atoms with van der Waals surface area (Å²) in [7, 11) is -9.90. The number of phosphoric acid groups is 2. The molecule has 0 saturated carbocycles. The van der Waals surface area contributed by atoms with E-state index < -0.39 is 97.5 Å². The van der Waals surface area contributed by atoms with Gasteiger partial charge >= 0.3 is 39.5 Å². The van der Waals surface area contributed by atoms with Crippen molar-refractivity contribution in [2.45, 2.75) is 388 Å². The van der Waals surface area contributed by atoms with Crippen molar-refractivity contribution in [2.24, 2.45) is 17.8 Å². The Morgan fingerprint density at radius 2 is 0.554 bits per heavy atom. The maximum Gasteiger partial charge on any atom is 0.472 e. The summed E-state index contributed by atoms with van der Waals surface area (Å²) in [4.78, 5) is 72.6. The number of unbranched alkanes of at least 4 members (excludes halogenated alkanes) is 38. The van der Waals surface area contributed by atoms with Crippen LogP contribution in [0.5, 0.6) is 0 Å². The van der Waals surface area contributed by atoms with E-state index in [-0.39, 0.29) is 25.7 Å². The third-order valence-corrected chi connectivity index (χ3v) is 19.1. The van der Waals surface area contributed by atoms with Crippen LogP contribution in [0.15, 0.2) is 0 Å². The molecule has 0 radical (unpaired) electrons. The fourth-order valence-corrected chi connectivity index (χ4v) is 12.6. The monoisotopic (exact) mass is 1350 g/mol. The zero-order valence-electron chi connectivity index (χ0n) is 60.0. The molecule has 0 spiro atoms. The second kappa shape index (κ2) is 63.8. The Morgan fingerprint density at radius 3 is 0.826 bits per heavy atom. The highest BCUT2D eigenvalue weighted by molar-refractivity contribution is 7.47. The summed E-state index contributed by atoms with van der Waals surface area (Å²) in [5.74, 6) is 0.211. The van der Waals surface area contributed by atoms with Crippen LogP contribution in [0.2, 0.25) is 0 Å². The van der Waals surface area contributed by atoms with Crippen LogP contribution in [0, 0.1) is 17.8 Å². The molecule has 0 aromatic heterocycles. The molecule has 6 atom stereocenters. The van der Waals surface area contributed by atoms with Crippen molar-refractivity contribution in [1.29, 1.82) is 0 Å². The number of ether oxygens (including phenoxy) is 4. The molecule has 0 heterocycles. The quantitative estimate of drug-likeness (QED) is 0.0222. The summed E-state index contributed by atoms with van der Waals surface area (Å²) in [5.41, 5.74) is 0. The van der Waals surface area contributed by atoms with Gasteiger partial charge in [-0.15, -0.1) is 0 Å². The average molecular weight is 1350 g/mol. The largest absolute Gasteiger partial charge is 0.472 e. The third-order valence-electron chi connectivity index (χ3n) is 17.2. The van der Waals surface area contributed by atoms with Crippen LogP contribution in [-0.2, 0) is 65.4 Å². The molecule has 0 aromatic rings. The van der Waals surface area contributed by atoms with Gasteiger partial charge in [-0.1, -0.05) is 318 Å². The molecule has 92 heavy (non-hydrogen) atoms. The molecule has 0 fully saturated rings. The van der Waals surface area contributed by atoms with Crippen LogP contribution >= 0.6 is 15.6 Å². The molecular formula is C73H142O17P2. The van der Waals surface area contributed by atoms with Gasteiger partial charge in [-0.3, -0.25) is 37.3 Å². The second-order valence-corrected chi connectivity index (χ2v) is 30.4. The molecular weight excluding hydrogens is 1210 g/mol. The first kappa shape index (κ1) is 90.1. The van der Waals surface area contributed by atoms with Crippen molar-refractivity contribution >= 4 is 39.5 Å². The molecule has 0 aliphatic carbocycles. The SMILES string of the molecule is CCCCCCCCCCCC(=O)OC[C@H](COP(=O)(O)OC[C@H](O)COP(=O)(O)OC[C@@H](COC(=O)CCCCCCCCCCCCCC(C)C)OC(=O)CCCCCCCCCCCCCCCCC(C)CC)OC(=O)CCCCCCCCCCC(C)C. The molecule has 0 amide bonds. The van der Waals surface area contributed by atoms with E-state index in [1.807, 2.05) is 0 Å². The van der Waals surface area contributed by atoms with E-state index in [1.54, 1.807) is 0 Å². The van der Waals surface area contributed by atoms with Crippen molar-refractivity contribution in [1.82, 2.24) is 0 Å². The Hall–Kier alpha value is -1.94. The zero-order valence-corrected chi connectivity index (χ0v) is 61.8. The second-order valence-electron chi connectivity index (χ2n) is 27.5. The summed E-state index contributed by atoms with van der Waals surface area (Å²) >= 11 is 0. The van der Waals surface area contributed by atoms with Gasteiger partial charge in [-0.05, 0) is 43.4 Å². The molecule has 0 rings (SSSR count). The van der Waals surface area contributed by atoms with Gasteiger partial charge in [0, 0.05) is 25.7 Å². The standard InChI is InChI=1S/C73H142O17P2/c1-8-10-11-12-13-23-33-40-47-54-70(75)83-60-69(90-73(78)57-50-43-36-29-28-31-38-45-52-65(5)6)63-88-92(81,82)86-59-67(74)58-85-91(79,80)87-62-68(61-84-71(76)55-48-41-34-26-22-18-19-24-30-37-44-51-64(3)4)89-72(77)56-49-42-35-27-21-17-15-14-16-20-25-32-39-46-53-66(7)9-2/h64-69,74H,8-63H2,1-7H3,(H,79,80)(H,81,82)/t66?,67-,68-,69-/m1/s1. The van der Waals surface area contributed by atoms with Crippen LogP contribution in [0.3, 0.4) is 0 Å². The van der Waals surface area contributed by atoms with Crippen LogP contribution in [0.4, 0.5) is 0 Å². The summed E-state index contributed by atoms with van der Waals surface area (Å²) in [6.07, 6.45) is 48.5. The summed E-state index contributed by atoms with van der Waals surface area (Å²) < 4.78 is 68.4. The molecule has 17 nitrogen and oxygen atoms in total. The van der Waals surface area contributed by atoms with Crippen LogP contribution in [0.25, 0.3) is 0 Å². The van der Waals surface area contributed by atoms with Gasteiger partial charge in [0.1, 0.15) is 19.3 Å². The lowest BCUT2D eigenvalue weighted by Crippen LogP contribution is -2.30. The topological polar surface area (TPSA) is 237 Å². The first-order valence-electron chi connectivity index (χ1n) is 37.9. The van der Waals surface area contributed by atoms with Crippen molar-refractivity contribution in [3.8, 4) is 0 Å². The molecule has 546 valence electrons. The van der Waals surface area contributed by atoms with Gasteiger partial charge in [0.15, 0.2) is 12.2 Å². The van der Waals surface area contributed by atoms with Crippen molar-refractivity contribution < 1.29 is 80.2 Å². The third kappa shape index (κ3) is 65.4. The van der Waals surface area contributed by atoms with E-state index in [0.29, 0.717) is 25.7 Å². The predicted octanol–water partition coefficient (Wildman–Crippen LogP) is 21.0.